The van der Waals surface area contributed by atoms with Crippen LogP contribution in [0.4, 0.5) is 0 Å². The van der Waals surface area contributed by atoms with Crippen LogP contribution in [0.15, 0.2) is 30.3 Å². The average Bonchev–Trinajstić information content (AvgIpc) is 2.28. The zero-order chi connectivity index (χ0) is 11.8. The first-order valence-electron chi connectivity index (χ1n) is 5.98. The van der Waals surface area contributed by atoms with Gasteiger partial charge in [0, 0.05) is 12.3 Å². The van der Waals surface area contributed by atoms with E-state index < -0.39 is 0 Å². The molecule has 0 fully saturated rings. The fraction of sp³-hybridized carbons (Fsp3) is 0.571. The van der Waals surface area contributed by atoms with Crippen LogP contribution in [0.1, 0.15) is 18.9 Å². The number of hydrogen-bond acceptors (Lipinski definition) is 2. The Balaban J connectivity index is 2.23. The van der Waals surface area contributed by atoms with Gasteiger partial charge in [-0.1, -0.05) is 43.7 Å². The molecule has 0 amide bonds. The number of thioether (sulfide) groups is 1. The van der Waals surface area contributed by atoms with Gasteiger partial charge >= 0.3 is 0 Å². The van der Waals surface area contributed by atoms with Gasteiger partial charge in [-0.2, -0.15) is 11.8 Å². The quantitative estimate of drug-likeness (QED) is 0.714. The van der Waals surface area contributed by atoms with Crippen LogP contribution in [0.25, 0.3) is 0 Å². The number of benzene rings is 1. The van der Waals surface area contributed by atoms with E-state index in [-0.39, 0.29) is 0 Å². The zero-order valence-electron chi connectivity index (χ0n) is 10.6. The van der Waals surface area contributed by atoms with Gasteiger partial charge in [-0.3, -0.25) is 0 Å². The summed E-state index contributed by atoms with van der Waals surface area (Å²) < 4.78 is 0. The van der Waals surface area contributed by atoms with Crippen molar-refractivity contribution in [3.63, 3.8) is 0 Å². The minimum atomic E-state index is 0.823. The smallest absolute Gasteiger partial charge is 0.0184 e. The van der Waals surface area contributed by atoms with E-state index in [4.69, 9.17) is 0 Å². The minimum absolute atomic E-state index is 0.823. The van der Waals surface area contributed by atoms with Crippen molar-refractivity contribution >= 4 is 11.8 Å². The monoisotopic (exact) mass is 237 g/mol. The molecule has 0 spiro atoms. The molecule has 0 heterocycles. The Morgan fingerprint density at radius 1 is 1.19 bits per heavy atom. The maximum Gasteiger partial charge on any atom is 0.0184 e. The fourth-order valence-electron chi connectivity index (χ4n) is 1.73. The highest BCUT2D eigenvalue weighted by molar-refractivity contribution is 7.98. The normalized spacial score (nSPS) is 13.0. The van der Waals surface area contributed by atoms with Crippen molar-refractivity contribution < 1.29 is 0 Å². The second kappa shape index (κ2) is 7.75. The van der Waals surface area contributed by atoms with Crippen LogP contribution in [0, 0.1) is 5.92 Å². The third kappa shape index (κ3) is 5.57. The lowest BCUT2D eigenvalue weighted by molar-refractivity contribution is 0.337. The maximum atomic E-state index is 2.29. The van der Waals surface area contributed by atoms with Crippen LogP contribution >= 0.6 is 11.8 Å². The molecule has 1 rings (SSSR count). The first-order valence-corrected chi connectivity index (χ1v) is 7.14. The van der Waals surface area contributed by atoms with Crippen LogP contribution in [0.2, 0.25) is 0 Å². The van der Waals surface area contributed by atoms with E-state index in [9.17, 15) is 0 Å². The molecule has 16 heavy (non-hydrogen) atoms. The predicted molar refractivity (Wildman–Crippen MR) is 74.9 cm³/mol. The average molecular weight is 237 g/mol. The highest BCUT2D eigenvalue weighted by atomic mass is 32.2. The van der Waals surface area contributed by atoms with E-state index in [0.717, 1.165) is 11.7 Å². The summed E-state index contributed by atoms with van der Waals surface area (Å²) in [5, 5.41) is 0. The highest BCUT2D eigenvalue weighted by Crippen LogP contribution is 2.17. The van der Waals surface area contributed by atoms with Crippen molar-refractivity contribution in [2.75, 3.05) is 26.4 Å². The molecule has 1 unspecified atom stereocenters. The van der Waals surface area contributed by atoms with E-state index >= 15 is 0 Å². The molecule has 1 nitrogen and oxygen atoms in total. The highest BCUT2D eigenvalue weighted by Gasteiger charge is 2.07. The van der Waals surface area contributed by atoms with Gasteiger partial charge in [0.05, 0.1) is 0 Å². The fourth-order valence-corrected chi connectivity index (χ4v) is 2.95. The number of nitrogens with zero attached hydrogens (tertiary/aromatic N) is 1. The summed E-state index contributed by atoms with van der Waals surface area (Å²) in [6, 6.07) is 10.7. The van der Waals surface area contributed by atoms with Crippen molar-refractivity contribution in [3.05, 3.63) is 35.9 Å². The molecule has 0 bridgehead atoms. The molecule has 1 aromatic rings. The maximum absolute atomic E-state index is 2.29. The number of hydrogen-bond donors (Lipinski definition) is 0. The molecule has 0 aromatic heterocycles. The largest absolute Gasteiger partial charge is 0.309 e. The van der Waals surface area contributed by atoms with Gasteiger partial charge in [0.15, 0.2) is 0 Å². The van der Waals surface area contributed by atoms with Crippen molar-refractivity contribution in [3.8, 4) is 0 Å². The summed E-state index contributed by atoms with van der Waals surface area (Å²) in [5.41, 5.74) is 1.44. The predicted octanol–water partition coefficient (Wildman–Crippen LogP) is 3.51. The first kappa shape index (κ1) is 13.6. The van der Waals surface area contributed by atoms with Crippen LogP contribution in [-0.4, -0.2) is 31.3 Å². The Morgan fingerprint density at radius 2 is 1.88 bits per heavy atom. The molecule has 0 saturated heterocycles. The molecule has 0 aliphatic heterocycles. The summed E-state index contributed by atoms with van der Waals surface area (Å²) in [5.74, 6) is 3.23. The van der Waals surface area contributed by atoms with Gasteiger partial charge in [0.1, 0.15) is 0 Å². The summed E-state index contributed by atoms with van der Waals surface area (Å²) in [7, 11) is 4.31. The Hall–Kier alpha value is -0.470. The van der Waals surface area contributed by atoms with Crippen molar-refractivity contribution in [2.45, 2.75) is 19.1 Å². The molecular formula is C14H23NS. The summed E-state index contributed by atoms with van der Waals surface area (Å²) >= 11 is 2.05. The van der Waals surface area contributed by atoms with Gasteiger partial charge in [0.25, 0.3) is 0 Å². The van der Waals surface area contributed by atoms with Gasteiger partial charge < -0.3 is 4.90 Å². The Morgan fingerprint density at radius 3 is 2.44 bits per heavy atom. The van der Waals surface area contributed by atoms with Gasteiger partial charge in [-0.15, -0.1) is 0 Å². The van der Waals surface area contributed by atoms with Gasteiger partial charge in [0.2, 0.25) is 0 Å². The molecule has 1 aromatic carbocycles. The Labute approximate surface area is 104 Å². The lowest BCUT2D eigenvalue weighted by Gasteiger charge is -2.19. The minimum Gasteiger partial charge on any atom is -0.309 e. The first-order chi connectivity index (χ1) is 7.72. The van der Waals surface area contributed by atoms with E-state index in [1.165, 1.54) is 24.3 Å². The van der Waals surface area contributed by atoms with Gasteiger partial charge in [-0.25, -0.2) is 0 Å². The van der Waals surface area contributed by atoms with Crippen LogP contribution in [0.5, 0.6) is 0 Å². The van der Waals surface area contributed by atoms with E-state index in [0.29, 0.717) is 0 Å². The lowest BCUT2D eigenvalue weighted by Crippen LogP contribution is -2.22. The SMILES string of the molecule is CCC(CSCc1ccccc1)CN(C)C. The third-order valence-corrected chi connectivity index (χ3v) is 3.91. The van der Waals surface area contributed by atoms with Crippen LogP contribution < -0.4 is 0 Å². The second-order valence-electron chi connectivity index (χ2n) is 4.54. The topological polar surface area (TPSA) is 3.24 Å². The van der Waals surface area contributed by atoms with E-state index in [1.54, 1.807) is 0 Å². The Bertz CT molecular complexity index is 271. The van der Waals surface area contributed by atoms with Crippen molar-refractivity contribution in [1.82, 2.24) is 4.90 Å². The lowest BCUT2D eigenvalue weighted by atomic mass is 10.1. The van der Waals surface area contributed by atoms with Gasteiger partial charge in [-0.05, 0) is 31.3 Å². The van der Waals surface area contributed by atoms with E-state index in [2.05, 4.69) is 68.0 Å². The summed E-state index contributed by atoms with van der Waals surface area (Å²) in [4.78, 5) is 2.29. The summed E-state index contributed by atoms with van der Waals surface area (Å²) in [6.07, 6.45) is 1.28. The molecular weight excluding hydrogens is 214 g/mol. The zero-order valence-corrected chi connectivity index (χ0v) is 11.5. The van der Waals surface area contributed by atoms with Crippen LogP contribution in [-0.2, 0) is 5.75 Å². The molecule has 2 heteroatoms. The molecule has 90 valence electrons. The second-order valence-corrected chi connectivity index (χ2v) is 5.57. The molecule has 0 N–H and O–H groups in total. The third-order valence-electron chi connectivity index (χ3n) is 2.67. The standard InChI is InChI=1S/C14H23NS/c1-4-13(10-15(2)3)11-16-12-14-8-6-5-7-9-14/h5-9,13H,4,10-12H2,1-3H3. The van der Waals surface area contributed by atoms with E-state index in [1.807, 2.05) is 0 Å². The van der Waals surface area contributed by atoms with Crippen molar-refractivity contribution in [1.29, 1.82) is 0 Å². The van der Waals surface area contributed by atoms with Crippen LogP contribution in [0.3, 0.4) is 0 Å². The van der Waals surface area contributed by atoms with Crippen molar-refractivity contribution in [2.24, 2.45) is 5.92 Å². The molecule has 0 aliphatic rings. The summed E-state index contributed by atoms with van der Waals surface area (Å²) in [6.45, 7) is 3.50. The molecule has 0 aliphatic carbocycles. The number of rotatable bonds is 7. The molecule has 1 atom stereocenters. The Kier molecular flexibility index (Phi) is 6.58. The molecule has 0 saturated carbocycles. The molecule has 0 radical (unpaired) electrons.